The first-order valence-corrected chi connectivity index (χ1v) is 7.24. The number of thiophene rings is 1. The van der Waals surface area contributed by atoms with E-state index in [0.717, 1.165) is 20.2 Å². The number of ether oxygens (including phenoxy) is 2. The number of hydrogen-bond donors (Lipinski definition) is 1. The fourth-order valence-corrected chi connectivity index (χ4v) is 3.38. The van der Waals surface area contributed by atoms with Crippen molar-refractivity contribution in [3.63, 3.8) is 0 Å². The van der Waals surface area contributed by atoms with Crippen LogP contribution >= 0.6 is 27.3 Å². The molecule has 1 aromatic carbocycles. The van der Waals surface area contributed by atoms with E-state index in [1.165, 1.54) is 0 Å². The topological polar surface area (TPSA) is 44.5 Å². The Bertz CT molecular complexity index is 557. The highest BCUT2D eigenvalue weighted by Gasteiger charge is 2.28. The fourth-order valence-electron chi connectivity index (χ4n) is 1.90. The highest BCUT2D eigenvalue weighted by molar-refractivity contribution is 9.11. The SMILES string of the molecule is NC(c1ccc(Br)s1)C1COc2ccccc2O1. The maximum absolute atomic E-state index is 6.22. The zero-order chi connectivity index (χ0) is 12.5. The maximum atomic E-state index is 6.22. The molecule has 0 spiro atoms. The molecular weight excluding hydrogens is 314 g/mol. The second-order valence-corrected chi connectivity index (χ2v) is 6.58. The van der Waals surface area contributed by atoms with Crippen LogP contribution in [0.4, 0.5) is 0 Å². The van der Waals surface area contributed by atoms with Gasteiger partial charge in [-0.15, -0.1) is 11.3 Å². The summed E-state index contributed by atoms with van der Waals surface area (Å²) >= 11 is 5.07. The number of hydrogen-bond acceptors (Lipinski definition) is 4. The van der Waals surface area contributed by atoms with E-state index in [1.807, 2.05) is 36.4 Å². The highest BCUT2D eigenvalue weighted by Crippen LogP contribution is 2.35. The van der Waals surface area contributed by atoms with Crippen molar-refractivity contribution in [2.45, 2.75) is 12.1 Å². The van der Waals surface area contributed by atoms with Gasteiger partial charge in [-0.25, -0.2) is 0 Å². The first-order chi connectivity index (χ1) is 8.74. The standard InChI is InChI=1S/C13H12BrNO2S/c14-12-6-5-11(18-12)13(15)10-7-16-8-3-1-2-4-9(8)17-10/h1-6,10,13H,7,15H2. The minimum absolute atomic E-state index is 0.148. The van der Waals surface area contributed by atoms with Crippen LogP contribution < -0.4 is 15.2 Å². The average molecular weight is 326 g/mol. The van der Waals surface area contributed by atoms with Crippen molar-refractivity contribution in [2.24, 2.45) is 5.73 Å². The summed E-state index contributed by atoms with van der Waals surface area (Å²) in [5, 5.41) is 0. The van der Waals surface area contributed by atoms with Crippen LogP contribution in [0.1, 0.15) is 10.9 Å². The smallest absolute Gasteiger partial charge is 0.161 e. The maximum Gasteiger partial charge on any atom is 0.161 e. The summed E-state index contributed by atoms with van der Waals surface area (Å²) in [6.45, 7) is 0.480. The molecule has 2 heterocycles. The van der Waals surface area contributed by atoms with Crippen LogP contribution in [0.25, 0.3) is 0 Å². The minimum Gasteiger partial charge on any atom is -0.486 e. The molecule has 0 radical (unpaired) electrons. The van der Waals surface area contributed by atoms with Gasteiger partial charge >= 0.3 is 0 Å². The molecule has 2 N–H and O–H groups in total. The Morgan fingerprint density at radius 1 is 1.22 bits per heavy atom. The van der Waals surface area contributed by atoms with Gasteiger partial charge in [0.2, 0.25) is 0 Å². The van der Waals surface area contributed by atoms with E-state index in [1.54, 1.807) is 11.3 Å². The van der Waals surface area contributed by atoms with E-state index >= 15 is 0 Å². The third-order valence-electron chi connectivity index (χ3n) is 2.85. The van der Waals surface area contributed by atoms with Crippen LogP contribution in [0.3, 0.4) is 0 Å². The molecule has 0 amide bonds. The molecule has 0 aliphatic carbocycles. The van der Waals surface area contributed by atoms with Crippen molar-refractivity contribution in [1.29, 1.82) is 0 Å². The molecule has 18 heavy (non-hydrogen) atoms. The molecule has 3 rings (SSSR count). The molecule has 2 atom stereocenters. The van der Waals surface area contributed by atoms with Gasteiger partial charge in [-0.3, -0.25) is 0 Å². The molecule has 3 nitrogen and oxygen atoms in total. The van der Waals surface area contributed by atoms with Crippen LogP contribution in [0.5, 0.6) is 11.5 Å². The second-order valence-electron chi connectivity index (χ2n) is 4.08. The Labute approximate surface area is 118 Å². The highest BCUT2D eigenvalue weighted by atomic mass is 79.9. The lowest BCUT2D eigenvalue weighted by molar-refractivity contribution is 0.0729. The molecular formula is C13H12BrNO2S. The zero-order valence-corrected chi connectivity index (χ0v) is 11.9. The monoisotopic (exact) mass is 325 g/mol. The van der Waals surface area contributed by atoms with Gasteiger partial charge in [0.15, 0.2) is 17.6 Å². The normalized spacial score (nSPS) is 19.6. The molecule has 2 unspecified atom stereocenters. The van der Waals surface area contributed by atoms with Crippen LogP contribution in [0.2, 0.25) is 0 Å². The average Bonchev–Trinajstić information content (AvgIpc) is 2.84. The summed E-state index contributed by atoms with van der Waals surface area (Å²) in [4.78, 5) is 1.09. The third kappa shape index (κ3) is 2.25. The Morgan fingerprint density at radius 3 is 2.72 bits per heavy atom. The van der Waals surface area contributed by atoms with E-state index in [-0.39, 0.29) is 12.1 Å². The number of para-hydroxylation sites is 2. The first kappa shape index (κ1) is 12.0. The Hall–Kier alpha value is -1.04. The summed E-state index contributed by atoms with van der Waals surface area (Å²) in [5.74, 6) is 1.55. The van der Waals surface area contributed by atoms with Crippen LogP contribution in [-0.4, -0.2) is 12.7 Å². The number of fused-ring (bicyclic) bond motifs is 1. The first-order valence-electron chi connectivity index (χ1n) is 5.63. The number of benzene rings is 1. The summed E-state index contributed by atoms with van der Waals surface area (Å²) < 4.78 is 12.6. The number of nitrogens with two attached hydrogens (primary N) is 1. The van der Waals surface area contributed by atoms with Crippen LogP contribution in [-0.2, 0) is 0 Å². The molecule has 0 fully saturated rings. The number of halogens is 1. The molecule has 1 aromatic heterocycles. The van der Waals surface area contributed by atoms with Gasteiger partial charge in [0.1, 0.15) is 6.61 Å². The third-order valence-corrected chi connectivity index (χ3v) is 4.58. The molecule has 1 aliphatic heterocycles. The Balaban J connectivity index is 1.79. The molecule has 0 saturated carbocycles. The zero-order valence-electron chi connectivity index (χ0n) is 9.51. The van der Waals surface area contributed by atoms with Gasteiger partial charge in [-0.05, 0) is 40.2 Å². The van der Waals surface area contributed by atoms with E-state index in [0.29, 0.717) is 6.61 Å². The van der Waals surface area contributed by atoms with Crippen molar-refractivity contribution in [2.75, 3.05) is 6.61 Å². The minimum atomic E-state index is -0.172. The van der Waals surface area contributed by atoms with E-state index in [2.05, 4.69) is 15.9 Å². The van der Waals surface area contributed by atoms with E-state index in [9.17, 15) is 0 Å². The van der Waals surface area contributed by atoms with Crippen molar-refractivity contribution in [1.82, 2.24) is 0 Å². The van der Waals surface area contributed by atoms with Gasteiger partial charge in [-0.1, -0.05) is 12.1 Å². The largest absolute Gasteiger partial charge is 0.486 e. The molecule has 0 bridgehead atoms. The summed E-state index contributed by atoms with van der Waals surface area (Å²) in [6, 6.07) is 11.5. The Kier molecular flexibility index (Phi) is 3.28. The van der Waals surface area contributed by atoms with Crippen molar-refractivity contribution >= 4 is 27.3 Å². The summed E-state index contributed by atoms with van der Waals surface area (Å²) in [7, 11) is 0. The molecule has 94 valence electrons. The Morgan fingerprint density at radius 2 is 2.00 bits per heavy atom. The van der Waals surface area contributed by atoms with Crippen LogP contribution in [0, 0.1) is 0 Å². The van der Waals surface area contributed by atoms with E-state index < -0.39 is 0 Å². The lowest BCUT2D eigenvalue weighted by Crippen LogP contribution is -2.38. The fraction of sp³-hybridized carbons (Fsp3) is 0.231. The van der Waals surface area contributed by atoms with Gasteiger partial charge in [-0.2, -0.15) is 0 Å². The predicted octanol–water partition coefficient (Wildman–Crippen LogP) is 3.35. The molecule has 5 heteroatoms. The molecule has 2 aromatic rings. The molecule has 1 aliphatic rings. The van der Waals surface area contributed by atoms with E-state index in [4.69, 9.17) is 15.2 Å². The van der Waals surface area contributed by atoms with Gasteiger partial charge in [0.25, 0.3) is 0 Å². The quantitative estimate of drug-likeness (QED) is 0.920. The van der Waals surface area contributed by atoms with Crippen LogP contribution in [0.15, 0.2) is 40.2 Å². The van der Waals surface area contributed by atoms with Gasteiger partial charge in [0, 0.05) is 4.88 Å². The summed E-state index contributed by atoms with van der Waals surface area (Å²) in [6.07, 6.45) is -0.148. The predicted molar refractivity (Wildman–Crippen MR) is 75.3 cm³/mol. The number of rotatable bonds is 2. The summed E-state index contributed by atoms with van der Waals surface area (Å²) in [5.41, 5.74) is 6.22. The lowest BCUT2D eigenvalue weighted by Gasteiger charge is -2.29. The van der Waals surface area contributed by atoms with Crippen molar-refractivity contribution in [3.8, 4) is 11.5 Å². The van der Waals surface area contributed by atoms with Crippen molar-refractivity contribution < 1.29 is 9.47 Å². The van der Waals surface area contributed by atoms with Crippen molar-refractivity contribution in [3.05, 3.63) is 45.1 Å². The van der Waals surface area contributed by atoms with Gasteiger partial charge < -0.3 is 15.2 Å². The molecule has 0 saturated heterocycles. The second kappa shape index (κ2) is 4.91. The van der Waals surface area contributed by atoms with Gasteiger partial charge in [0.05, 0.1) is 9.83 Å². The lowest BCUT2D eigenvalue weighted by atomic mass is 10.1.